The fourth-order valence-electron chi connectivity index (χ4n) is 1.59. The first kappa shape index (κ1) is 15.0. The van der Waals surface area contributed by atoms with Gasteiger partial charge in [0.2, 0.25) is 0 Å². The normalized spacial score (nSPS) is 11.1. The molecule has 1 rings (SSSR count). The smallest absolute Gasteiger partial charge is 0.103 e. The zero-order valence-corrected chi connectivity index (χ0v) is 12.7. The van der Waals surface area contributed by atoms with Gasteiger partial charge in [-0.25, -0.2) is 0 Å². The zero-order valence-electron chi connectivity index (χ0n) is 11.1. The highest BCUT2D eigenvalue weighted by molar-refractivity contribution is 9.10. The van der Waals surface area contributed by atoms with Gasteiger partial charge in [0, 0.05) is 24.7 Å². The lowest BCUT2D eigenvalue weighted by Gasteiger charge is -2.25. The van der Waals surface area contributed by atoms with E-state index in [1.807, 2.05) is 18.2 Å². The van der Waals surface area contributed by atoms with Gasteiger partial charge in [0.1, 0.15) is 6.07 Å². The molecule has 4 heteroatoms. The summed E-state index contributed by atoms with van der Waals surface area (Å²) in [5.74, 6) is 0. The maximum Gasteiger partial charge on any atom is 0.103 e. The van der Waals surface area contributed by atoms with E-state index in [4.69, 9.17) is 10.00 Å². The Morgan fingerprint density at radius 3 is 2.78 bits per heavy atom. The van der Waals surface area contributed by atoms with Crippen LogP contribution in [0.25, 0.3) is 0 Å². The second-order valence-electron chi connectivity index (χ2n) is 5.03. The third-order valence-electron chi connectivity index (χ3n) is 2.87. The Bertz CT molecular complexity index is 438. The summed E-state index contributed by atoms with van der Waals surface area (Å²) in [6.07, 6.45) is 0.979. The van der Waals surface area contributed by atoms with Gasteiger partial charge in [0.15, 0.2) is 0 Å². The number of nitrogens with one attached hydrogen (secondary N) is 1. The van der Waals surface area contributed by atoms with E-state index in [0.29, 0.717) is 5.56 Å². The molecule has 0 aliphatic heterocycles. The van der Waals surface area contributed by atoms with Crippen molar-refractivity contribution >= 4 is 21.6 Å². The number of nitriles is 1. The number of rotatable bonds is 6. The van der Waals surface area contributed by atoms with Crippen molar-refractivity contribution in [3.05, 3.63) is 28.2 Å². The standard InChI is InChI=1S/C14H19BrN2O/c1-14(2,7-8-18-3)10-17-13-6-4-5-12(15)11(13)9-16/h4-6,17H,7-8,10H2,1-3H3. The van der Waals surface area contributed by atoms with E-state index in [2.05, 4.69) is 41.2 Å². The van der Waals surface area contributed by atoms with Crippen molar-refractivity contribution in [1.29, 1.82) is 5.26 Å². The Balaban J connectivity index is 2.69. The first-order valence-electron chi connectivity index (χ1n) is 5.91. The molecule has 0 fully saturated rings. The van der Waals surface area contributed by atoms with Gasteiger partial charge in [0.05, 0.1) is 11.3 Å². The monoisotopic (exact) mass is 310 g/mol. The largest absolute Gasteiger partial charge is 0.385 e. The van der Waals surface area contributed by atoms with Crippen molar-refractivity contribution in [2.75, 3.05) is 25.6 Å². The highest BCUT2D eigenvalue weighted by Gasteiger charge is 2.18. The lowest BCUT2D eigenvalue weighted by Crippen LogP contribution is -2.25. The van der Waals surface area contributed by atoms with Crippen molar-refractivity contribution in [2.45, 2.75) is 20.3 Å². The molecule has 1 N–H and O–H groups in total. The van der Waals surface area contributed by atoms with E-state index in [1.54, 1.807) is 7.11 Å². The maximum absolute atomic E-state index is 9.13. The number of anilines is 1. The molecular weight excluding hydrogens is 292 g/mol. The Morgan fingerprint density at radius 1 is 1.44 bits per heavy atom. The molecule has 0 heterocycles. The Morgan fingerprint density at radius 2 is 2.17 bits per heavy atom. The number of ether oxygens (including phenoxy) is 1. The van der Waals surface area contributed by atoms with Crippen LogP contribution in [0.3, 0.4) is 0 Å². The summed E-state index contributed by atoms with van der Waals surface area (Å²) in [7, 11) is 1.71. The van der Waals surface area contributed by atoms with Crippen LogP contribution in [0.15, 0.2) is 22.7 Å². The van der Waals surface area contributed by atoms with E-state index in [0.717, 1.165) is 29.7 Å². The third kappa shape index (κ3) is 4.32. The fraction of sp³-hybridized carbons (Fsp3) is 0.500. The summed E-state index contributed by atoms with van der Waals surface area (Å²) in [6, 6.07) is 7.94. The average molecular weight is 311 g/mol. The van der Waals surface area contributed by atoms with Gasteiger partial charge >= 0.3 is 0 Å². The minimum absolute atomic E-state index is 0.130. The highest BCUT2D eigenvalue weighted by Crippen LogP contribution is 2.26. The highest BCUT2D eigenvalue weighted by atomic mass is 79.9. The molecule has 0 aliphatic carbocycles. The first-order chi connectivity index (χ1) is 8.50. The van der Waals surface area contributed by atoms with Crippen LogP contribution in [0.5, 0.6) is 0 Å². The quantitative estimate of drug-likeness (QED) is 0.869. The number of halogens is 1. The van der Waals surface area contributed by atoms with Crippen molar-refractivity contribution in [3.63, 3.8) is 0 Å². The summed E-state index contributed by atoms with van der Waals surface area (Å²) >= 11 is 3.39. The van der Waals surface area contributed by atoms with Crippen LogP contribution in [-0.4, -0.2) is 20.3 Å². The Hall–Kier alpha value is -1.05. The van der Waals surface area contributed by atoms with Crippen molar-refractivity contribution in [2.24, 2.45) is 5.41 Å². The summed E-state index contributed by atoms with van der Waals surface area (Å²) in [6.45, 7) is 5.92. The van der Waals surface area contributed by atoms with Crippen LogP contribution in [0.2, 0.25) is 0 Å². The van der Waals surface area contributed by atoms with Gasteiger partial charge in [-0.1, -0.05) is 19.9 Å². The molecule has 1 aromatic carbocycles. The van der Waals surface area contributed by atoms with Crippen LogP contribution in [0, 0.1) is 16.7 Å². The van der Waals surface area contributed by atoms with E-state index in [1.165, 1.54) is 0 Å². The predicted molar refractivity (Wildman–Crippen MR) is 77.6 cm³/mol. The molecule has 3 nitrogen and oxygen atoms in total. The first-order valence-corrected chi connectivity index (χ1v) is 6.71. The van der Waals surface area contributed by atoms with Gasteiger partial charge in [-0.15, -0.1) is 0 Å². The molecule has 0 saturated carbocycles. The van der Waals surface area contributed by atoms with Crippen LogP contribution in [0.1, 0.15) is 25.8 Å². The topological polar surface area (TPSA) is 45.0 Å². The number of hydrogen-bond donors (Lipinski definition) is 1. The number of methoxy groups -OCH3 is 1. The molecule has 0 saturated heterocycles. The minimum atomic E-state index is 0.130. The molecule has 0 bridgehead atoms. The fourth-order valence-corrected chi connectivity index (χ4v) is 2.04. The van der Waals surface area contributed by atoms with Crippen molar-refractivity contribution in [3.8, 4) is 6.07 Å². The maximum atomic E-state index is 9.13. The molecule has 0 radical (unpaired) electrons. The van der Waals surface area contributed by atoms with Gasteiger partial charge < -0.3 is 10.1 Å². The summed E-state index contributed by atoms with van der Waals surface area (Å²) in [5, 5.41) is 12.5. The zero-order chi connectivity index (χ0) is 13.6. The summed E-state index contributed by atoms with van der Waals surface area (Å²) < 4.78 is 5.93. The number of benzene rings is 1. The second-order valence-corrected chi connectivity index (χ2v) is 5.89. The van der Waals surface area contributed by atoms with E-state index >= 15 is 0 Å². The van der Waals surface area contributed by atoms with E-state index in [9.17, 15) is 0 Å². The molecular formula is C14H19BrN2O. The van der Waals surface area contributed by atoms with Crippen LogP contribution >= 0.6 is 15.9 Å². The molecule has 0 aromatic heterocycles. The van der Waals surface area contributed by atoms with Crippen LogP contribution < -0.4 is 5.32 Å². The molecule has 18 heavy (non-hydrogen) atoms. The van der Waals surface area contributed by atoms with Crippen molar-refractivity contribution < 1.29 is 4.74 Å². The van der Waals surface area contributed by atoms with Gasteiger partial charge in [0.25, 0.3) is 0 Å². The molecule has 0 aliphatic rings. The van der Waals surface area contributed by atoms with E-state index < -0.39 is 0 Å². The second kappa shape index (κ2) is 6.77. The third-order valence-corrected chi connectivity index (χ3v) is 3.53. The molecule has 98 valence electrons. The lowest BCUT2D eigenvalue weighted by atomic mass is 9.89. The number of hydrogen-bond acceptors (Lipinski definition) is 3. The molecule has 0 atom stereocenters. The van der Waals surface area contributed by atoms with Gasteiger partial charge in [-0.3, -0.25) is 0 Å². The van der Waals surface area contributed by atoms with E-state index in [-0.39, 0.29) is 5.41 Å². The number of nitrogens with zero attached hydrogens (tertiary/aromatic N) is 1. The Kier molecular flexibility index (Phi) is 5.64. The predicted octanol–water partition coefficient (Wildman–Crippen LogP) is 3.80. The lowest BCUT2D eigenvalue weighted by molar-refractivity contribution is 0.157. The summed E-state index contributed by atoms with van der Waals surface area (Å²) in [5.41, 5.74) is 1.66. The van der Waals surface area contributed by atoms with Crippen molar-refractivity contribution in [1.82, 2.24) is 0 Å². The van der Waals surface area contributed by atoms with Crippen LogP contribution in [0.4, 0.5) is 5.69 Å². The summed E-state index contributed by atoms with van der Waals surface area (Å²) in [4.78, 5) is 0. The van der Waals surface area contributed by atoms with Gasteiger partial charge in [-0.2, -0.15) is 5.26 Å². The SMILES string of the molecule is COCCC(C)(C)CNc1cccc(Br)c1C#N. The minimum Gasteiger partial charge on any atom is -0.385 e. The molecule has 0 unspecified atom stereocenters. The van der Waals surface area contributed by atoms with Crippen LogP contribution in [-0.2, 0) is 4.74 Å². The van der Waals surface area contributed by atoms with Gasteiger partial charge in [-0.05, 0) is 39.9 Å². The molecule has 1 aromatic rings. The average Bonchev–Trinajstić information content (AvgIpc) is 2.34. The molecule has 0 amide bonds. The Labute approximate surface area is 117 Å². The molecule has 0 spiro atoms.